The molecule has 1 aliphatic rings. The van der Waals surface area contributed by atoms with Gasteiger partial charge in [0.25, 0.3) is 0 Å². The van der Waals surface area contributed by atoms with E-state index in [1.807, 2.05) is 18.2 Å². The van der Waals surface area contributed by atoms with Crippen molar-refractivity contribution in [1.82, 2.24) is 0 Å². The van der Waals surface area contributed by atoms with Crippen LogP contribution in [0, 0.1) is 0 Å². The number of aliphatic hydroxyl groups excluding tert-OH is 5. The molecule has 0 aromatic carbocycles. The smallest absolute Gasteiger partial charge is 0.462 e. The quantitative estimate of drug-likeness (QED) is 0.0151. The lowest BCUT2D eigenvalue weighted by molar-refractivity contribution is -0.220. The van der Waals surface area contributed by atoms with Gasteiger partial charge in [-0.1, -0.05) is 164 Å². The van der Waals surface area contributed by atoms with Crippen LogP contribution in [0.2, 0.25) is 0 Å². The van der Waals surface area contributed by atoms with Gasteiger partial charge in [0.1, 0.15) is 43.2 Å². The molecule has 1 rings (SSSR count). The summed E-state index contributed by atoms with van der Waals surface area (Å²) < 4.78 is 33.4. The first kappa shape index (κ1) is 56.3. The normalized spacial score (nSPS) is 22.7. The van der Waals surface area contributed by atoms with Gasteiger partial charge >= 0.3 is 19.8 Å². The lowest BCUT2D eigenvalue weighted by Crippen LogP contribution is -2.64. The van der Waals surface area contributed by atoms with Crippen LogP contribution < -0.4 is 0 Å². The highest BCUT2D eigenvalue weighted by Gasteiger charge is 2.51. The molecule has 13 nitrogen and oxygen atoms in total. The van der Waals surface area contributed by atoms with E-state index in [4.69, 9.17) is 18.5 Å². The van der Waals surface area contributed by atoms with Crippen molar-refractivity contribution in [3.05, 3.63) is 72.9 Å². The average Bonchev–Trinajstić information content (AvgIpc) is 3.24. The standard InChI is InChI=1S/C47H79O13P/c1-3-5-7-9-11-13-15-17-18-19-20-21-22-24-26-28-30-32-34-36-41(49)59-39(38-58-61(55,56)60-47-45(53)43(51)42(50)44(52)46(47)54)37-57-40(48)35-33-31-29-27-25-23-16-14-12-10-8-6-4-2/h5,7,11,13,17-18,20-21,24,26,30,32,39,42-47,50-54H,3-4,6,8-10,12,14-16,19,22-23,25,27-29,31,33-38H2,1-2H3,(H,55,56). The molecule has 0 aromatic rings. The second-order valence-electron chi connectivity index (χ2n) is 15.5. The van der Waals surface area contributed by atoms with Crippen molar-refractivity contribution in [1.29, 1.82) is 0 Å². The molecule has 0 bridgehead atoms. The Morgan fingerprint density at radius 3 is 1.39 bits per heavy atom. The molecule has 6 unspecified atom stereocenters. The summed E-state index contributed by atoms with van der Waals surface area (Å²) in [5, 5.41) is 50.1. The van der Waals surface area contributed by atoms with Crippen LogP contribution in [0.25, 0.3) is 0 Å². The Morgan fingerprint density at radius 1 is 0.525 bits per heavy atom. The van der Waals surface area contributed by atoms with Gasteiger partial charge in [-0.3, -0.25) is 18.6 Å². The van der Waals surface area contributed by atoms with Crippen LogP contribution in [0.3, 0.4) is 0 Å². The topological polar surface area (TPSA) is 210 Å². The summed E-state index contributed by atoms with van der Waals surface area (Å²) in [6.45, 7) is 3.11. The van der Waals surface area contributed by atoms with Crippen LogP contribution in [-0.2, 0) is 32.7 Å². The van der Waals surface area contributed by atoms with Gasteiger partial charge in [-0.2, -0.15) is 0 Å². The summed E-state index contributed by atoms with van der Waals surface area (Å²) in [4.78, 5) is 35.6. The zero-order valence-electron chi connectivity index (χ0n) is 36.9. The molecule has 0 amide bonds. The number of ether oxygens (including phenoxy) is 2. The maximum Gasteiger partial charge on any atom is 0.472 e. The van der Waals surface area contributed by atoms with Gasteiger partial charge in [0, 0.05) is 12.8 Å². The Morgan fingerprint density at radius 2 is 0.934 bits per heavy atom. The first-order chi connectivity index (χ1) is 29.4. The molecule has 0 saturated heterocycles. The number of unbranched alkanes of at least 4 members (excludes halogenated alkanes) is 12. The van der Waals surface area contributed by atoms with Gasteiger partial charge in [-0.15, -0.1) is 0 Å². The number of carbonyl (C=O) groups excluding carboxylic acids is 2. The minimum Gasteiger partial charge on any atom is -0.462 e. The third-order valence-electron chi connectivity index (χ3n) is 10.1. The minimum atomic E-state index is -5.14. The van der Waals surface area contributed by atoms with Gasteiger partial charge in [-0.05, 0) is 51.4 Å². The van der Waals surface area contributed by atoms with Crippen LogP contribution in [0.4, 0.5) is 0 Å². The molecule has 0 heterocycles. The first-order valence-corrected chi connectivity index (χ1v) is 24.2. The molecule has 1 fully saturated rings. The van der Waals surface area contributed by atoms with Crippen molar-refractivity contribution in [2.24, 2.45) is 0 Å². The summed E-state index contributed by atoms with van der Waals surface area (Å²) in [6.07, 6.45) is 32.6. The Hall–Kier alpha value is -2.71. The zero-order chi connectivity index (χ0) is 45.0. The Bertz CT molecular complexity index is 1340. The van der Waals surface area contributed by atoms with E-state index in [2.05, 4.69) is 68.5 Å². The van der Waals surface area contributed by atoms with E-state index in [1.54, 1.807) is 0 Å². The fraction of sp³-hybridized carbons (Fsp3) is 0.702. The second-order valence-corrected chi connectivity index (χ2v) is 16.9. The lowest BCUT2D eigenvalue weighted by Gasteiger charge is -2.41. The van der Waals surface area contributed by atoms with Gasteiger partial charge in [-0.25, -0.2) is 4.57 Å². The van der Waals surface area contributed by atoms with E-state index in [1.165, 1.54) is 57.8 Å². The van der Waals surface area contributed by atoms with Gasteiger partial charge in [0.15, 0.2) is 6.10 Å². The van der Waals surface area contributed by atoms with Crippen molar-refractivity contribution in [3.8, 4) is 0 Å². The molecule has 6 N–H and O–H groups in total. The number of esters is 2. The van der Waals surface area contributed by atoms with Crippen LogP contribution in [0.5, 0.6) is 0 Å². The lowest BCUT2D eigenvalue weighted by atomic mass is 9.85. The van der Waals surface area contributed by atoms with Gasteiger partial charge in [0.2, 0.25) is 0 Å². The number of hydrogen-bond acceptors (Lipinski definition) is 12. The van der Waals surface area contributed by atoms with E-state index >= 15 is 0 Å². The predicted octanol–water partition coefficient (Wildman–Crippen LogP) is 8.72. The van der Waals surface area contributed by atoms with Crippen molar-refractivity contribution in [3.63, 3.8) is 0 Å². The summed E-state index contributed by atoms with van der Waals surface area (Å²) in [5.41, 5.74) is 0. The highest BCUT2D eigenvalue weighted by Crippen LogP contribution is 2.47. The van der Waals surface area contributed by atoms with Crippen molar-refractivity contribution < 1.29 is 63.1 Å². The minimum absolute atomic E-state index is 0.0303. The monoisotopic (exact) mass is 883 g/mol. The molecule has 6 atom stereocenters. The summed E-state index contributed by atoms with van der Waals surface area (Å²) >= 11 is 0. The summed E-state index contributed by atoms with van der Waals surface area (Å²) in [6, 6.07) is 0. The number of aliphatic hydroxyl groups is 5. The van der Waals surface area contributed by atoms with Crippen LogP contribution in [-0.4, -0.2) is 98.3 Å². The van der Waals surface area contributed by atoms with Crippen LogP contribution >= 0.6 is 7.82 Å². The van der Waals surface area contributed by atoms with E-state index in [-0.39, 0.29) is 12.8 Å². The molecule has 350 valence electrons. The molecular weight excluding hydrogens is 803 g/mol. The molecule has 14 heteroatoms. The molecule has 1 saturated carbocycles. The van der Waals surface area contributed by atoms with Crippen molar-refractivity contribution in [2.75, 3.05) is 13.2 Å². The van der Waals surface area contributed by atoms with E-state index in [0.29, 0.717) is 19.3 Å². The molecule has 0 aliphatic heterocycles. The van der Waals surface area contributed by atoms with E-state index in [9.17, 15) is 44.6 Å². The maximum atomic E-state index is 12.8. The predicted molar refractivity (Wildman–Crippen MR) is 239 cm³/mol. The molecule has 0 radical (unpaired) electrons. The Balaban J connectivity index is 2.53. The first-order valence-electron chi connectivity index (χ1n) is 22.7. The SMILES string of the molecule is CCC=CCC=CCC=CCC=CCC=CCC=CCCC(=O)OC(COC(=O)CCCCCCCCCCCCCCC)COP(=O)(O)OC1C(O)C(O)C(O)C(O)C1O. The van der Waals surface area contributed by atoms with Gasteiger partial charge < -0.3 is 39.9 Å². The average molecular weight is 883 g/mol. The van der Waals surface area contributed by atoms with Crippen molar-refractivity contribution >= 4 is 19.8 Å². The van der Waals surface area contributed by atoms with Gasteiger partial charge in [0.05, 0.1) is 6.61 Å². The molecule has 0 aromatic heterocycles. The van der Waals surface area contributed by atoms with Crippen molar-refractivity contribution in [2.45, 2.75) is 198 Å². The fourth-order valence-electron chi connectivity index (χ4n) is 6.43. The third-order valence-corrected chi connectivity index (χ3v) is 11.1. The van der Waals surface area contributed by atoms with Crippen LogP contribution in [0.15, 0.2) is 72.9 Å². The highest BCUT2D eigenvalue weighted by atomic mass is 31.2. The number of carbonyl (C=O) groups is 2. The molecule has 61 heavy (non-hydrogen) atoms. The highest BCUT2D eigenvalue weighted by molar-refractivity contribution is 7.47. The number of phosphoric ester groups is 1. The number of phosphoric acid groups is 1. The number of allylic oxidation sites excluding steroid dienone is 12. The van der Waals surface area contributed by atoms with E-state index < -0.39 is 75.7 Å². The van der Waals surface area contributed by atoms with E-state index in [0.717, 1.165) is 51.4 Å². The fourth-order valence-corrected chi connectivity index (χ4v) is 7.40. The largest absolute Gasteiger partial charge is 0.472 e. The number of rotatable bonds is 36. The molecular formula is C47H79O13P. The van der Waals surface area contributed by atoms with Crippen LogP contribution in [0.1, 0.15) is 155 Å². The zero-order valence-corrected chi connectivity index (χ0v) is 37.8. The third kappa shape index (κ3) is 29.3. The Labute approximate surface area is 365 Å². The second kappa shape index (κ2) is 36.7. The Kier molecular flexibility index (Phi) is 33.9. The molecule has 0 spiro atoms. The number of hydrogen-bond donors (Lipinski definition) is 6. The summed E-state index contributed by atoms with van der Waals surface area (Å²) in [5.74, 6) is -1.20. The molecule has 1 aliphatic carbocycles. The summed E-state index contributed by atoms with van der Waals surface area (Å²) in [7, 11) is -5.14. The maximum absolute atomic E-state index is 12.8.